The van der Waals surface area contributed by atoms with Gasteiger partial charge in [0.15, 0.2) is 0 Å². The fraction of sp³-hybridized carbons (Fsp3) is 0.647. The van der Waals surface area contributed by atoms with Crippen LogP contribution in [0.15, 0.2) is 24.3 Å². The van der Waals surface area contributed by atoms with Crippen LogP contribution in [0, 0.1) is 5.92 Å². The number of methoxy groups -OCH3 is 3. The maximum atomic E-state index is 5.41. The van der Waals surface area contributed by atoms with Crippen LogP contribution in [0.2, 0.25) is 0 Å². The van der Waals surface area contributed by atoms with Gasteiger partial charge in [0, 0.05) is 20.8 Å². The molecule has 0 saturated carbocycles. The topological polar surface area (TPSA) is 39.7 Å². The summed E-state index contributed by atoms with van der Waals surface area (Å²) in [5.74, 6) is 1.45. The molecule has 0 amide bonds. The zero-order chi connectivity index (χ0) is 15.5. The highest BCUT2D eigenvalue weighted by Crippen LogP contribution is 2.18. The van der Waals surface area contributed by atoms with E-state index in [0.29, 0.717) is 5.92 Å². The predicted octanol–water partition coefficient (Wildman–Crippen LogP) is 2.51. The van der Waals surface area contributed by atoms with Gasteiger partial charge in [-0.05, 0) is 49.9 Å². The van der Waals surface area contributed by atoms with E-state index in [9.17, 15) is 0 Å². The first-order chi connectivity index (χ1) is 10.2. The van der Waals surface area contributed by atoms with Crippen LogP contribution < -0.4 is 10.1 Å². The third kappa shape index (κ3) is 7.46. The maximum absolute atomic E-state index is 5.41. The van der Waals surface area contributed by atoms with E-state index >= 15 is 0 Å². The largest absolute Gasteiger partial charge is 0.497 e. The molecular formula is C17H29NO3. The fourth-order valence-electron chi connectivity index (χ4n) is 2.38. The number of ether oxygens (including phenoxy) is 3. The molecule has 0 radical (unpaired) electrons. The summed E-state index contributed by atoms with van der Waals surface area (Å²) in [6.45, 7) is 4.73. The second kappa shape index (κ2) is 10.6. The average Bonchev–Trinajstić information content (AvgIpc) is 2.52. The van der Waals surface area contributed by atoms with Gasteiger partial charge in [0.2, 0.25) is 0 Å². The molecule has 0 aliphatic heterocycles. The van der Waals surface area contributed by atoms with Crippen molar-refractivity contribution in [3.05, 3.63) is 29.8 Å². The quantitative estimate of drug-likeness (QED) is 0.637. The van der Waals surface area contributed by atoms with Gasteiger partial charge in [-0.1, -0.05) is 12.1 Å². The molecule has 1 N–H and O–H groups in total. The van der Waals surface area contributed by atoms with E-state index < -0.39 is 0 Å². The molecule has 0 saturated heterocycles. The van der Waals surface area contributed by atoms with E-state index in [4.69, 9.17) is 14.2 Å². The monoisotopic (exact) mass is 295 g/mol. The zero-order valence-electron chi connectivity index (χ0n) is 13.7. The Bertz CT molecular complexity index is 367. The Morgan fingerprint density at radius 2 is 1.81 bits per heavy atom. The van der Waals surface area contributed by atoms with E-state index in [1.54, 1.807) is 21.3 Å². The molecule has 1 aromatic rings. The summed E-state index contributed by atoms with van der Waals surface area (Å²) in [6, 6.07) is 8.31. The predicted molar refractivity (Wildman–Crippen MR) is 86.0 cm³/mol. The molecule has 4 heteroatoms. The van der Waals surface area contributed by atoms with Gasteiger partial charge < -0.3 is 19.5 Å². The van der Waals surface area contributed by atoms with Crippen LogP contribution in [0.4, 0.5) is 0 Å². The van der Waals surface area contributed by atoms with Crippen molar-refractivity contribution in [3.8, 4) is 5.75 Å². The van der Waals surface area contributed by atoms with E-state index in [1.165, 1.54) is 5.56 Å². The minimum absolute atomic E-state index is 0.275. The molecule has 2 unspecified atom stereocenters. The van der Waals surface area contributed by atoms with Gasteiger partial charge in [-0.15, -0.1) is 0 Å². The van der Waals surface area contributed by atoms with Crippen molar-refractivity contribution >= 4 is 0 Å². The molecule has 21 heavy (non-hydrogen) atoms. The Balaban J connectivity index is 2.52. The summed E-state index contributed by atoms with van der Waals surface area (Å²) in [5.41, 5.74) is 1.33. The first kappa shape index (κ1) is 18.0. The van der Waals surface area contributed by atoms with E-state index in [1.807, 2.05) is 12.1 Å². The van der Waals surface area contributed by atoms with Crippen LogP contribution in [-0.4, -0.2) is 47.1 Å². The van der Waals surface area contributed by atoms with Crippen LogP contribution in [0.25, 0.3) is 0 Å². The van der Waals surface area contributed by atoms with Crippen molar-refractivity contribution < 1.29 is 14.2 Å². The number of benzene rings is 1. The molecule has 4 nitrogen and oxygen atoms in total. The van der Waals surface area contributed by atoms with Crippen molar-refractivity contribution in [2.24, 2.45) is 5.92 Å². The minimum Gasteiger partial charge on any atom is -0.497 e. The van der Waals surface area contributed by atoms with Crippen molar-refractivity contribution in [1.29, 1.82) is 0 Å². The SMILES string of the molecule is COCCNCC(Cc1ccc(OC)cc1)CC(C)OC. The Hall–Kier alpha value is -1.10. The van der Waals surface area contributed by atoms with Gasteiger partial charge in [-0.3, -0.25) is 0 Å². The van der Waals surface area contributed by atoms with Gasteiger partial charge in [0.1, 0.15) is 5.75 Å². The molecule has 0 aromatic heterocycles. The summed E-state index contributed by atoms with van der Waals surface area (Å²) >= 11 is 0. The molecule has 0 spiro atoms. The fourth-order valence-corrected chi connectivity index (χ4v) is 2.38. The number of hydrogen-bond donors (Lipinski definition) is 1. The Morgan fingerprint density at radius 3 is 2.38 bits per heavy atom. The lowest BCUT2D eigenvalue weighted by atomic mass is 9.94. The Morgan fingerprint density at radius 1 is 1.10 bits per heavy atom. The highest BCUT2D eigenvalue weighted by atomic mass is 16.5. The van der Waals surface area contributed by atoms with Crippen LogP contribution >= 0.6 is 0 Å². The van der Waals surface area contributed by atoms with Gasteiger partial charge in [0.25, 0.3) is 0 Å². The summed E-state index contributed by atoms with van der Waals surface area (Å²) < 4.78 is 15.7. The second-order valence-corrected chi connectivity index (χ2v) is 5.40. The third-order valence-corrected chi connectivity index (χ3v) is 3.67. The highest BCUT2D eigenvalue weighted by molar-refractivity contribution is 5.27. The van der Waals surface area contributed by atoms with Crippen LogP contribution in [0.3, 0.4) is 0 Å². The Labute approximate surface area is 128 Å². The molecule has 0 bridgehead atoms. The van der Waals surface area contributed by atoms with E-state index in [2.05, 4.69) is 24.4 Å². The molecule has 0 aliphatic rings. The van der Waals surface area contributed by atoms with E-state index in [-0.39, 0.29) is 6.10 Å². The number of hydrogen-bond acceptors (Lipinski definition) is 4. The number of rotatable bonds is 11. The standard InChI is InChI=1S/C17H29NO3/c1-14(20-3)11-16(13-18-9-10-19-2)12-15-5-7-17(21-4)8-6-15/h5-8,14,16,18H,9-13H2,1-4H3. The number of nitrogens with one attached hydrogen (secondary N) is 1. The van der Waals surface area contributed by atoms with E-state index in [0.717, 1.165) is 38.3 Å². The van der Waals surface area contributed by atoms with Gasteiger partial charge in [-0.25, -0.2) is 0 Å². The molecule has 2 atom stereocenters. The van der Waals surface area contributed by atoms with Crippen LogP contribution in [-0.2, 0) is 15.9 Å². The maximum Gasteiger partial charge on any atom is 0.118 e. The average molecular weight is 295 g/mol. The molecule has 1 rings (SSSR count). The first-order valence-electron chi connectivity index (χ1n) is 7.55. The summed E-state index contributed by atoms with van der Waals surface area (Å²) in [7, 11) is 5.19. The zero-order valence-corrected chi connectivity index (χ0v) is 13.7. The van der Waals surface area contributed by atoms with Crippen LogP contribution in [0.5, 0.6) is 5.75 Å². The summed E-state index contributed by atoms with van der Waals surface area (Å²) in [5, 5.41) is 3.45. The van der Waals surface area contributed by atoms with Gasteiger partial charge >= 0.3 is 0 Å². The lowest BCUT2D eigenvalue weighted by Crippen LogP contribution is -2.29. The molecule has 0 fully saturated rings. The highest BCUT2D eigenvalue weighted by Gasteiger charge is 2.13. The molecule has 1 aromatic carbocycles. The molecule has 0 aliphatic carbocycles. The smallest absolute Gasteiger partial charge is 0.118 e. The normalized spacial score (nSPS) is 13.9. The first-order valence-corrected chi connectivity index (χ1v) is 7.55. The second-order valence-electron chi connectivity index (χ2n) is 5.40. The van der Waals surface area contributed by atoms with Crippen molar-refractivity contribution in [2.45, 2.75) is 25.9 Å². The lowest BCUT2D eigenvalue weighted by Gasteiger charge is -2.21. The van der Waals surface area contributed by atoms with Crippen molar-refractivity contribution in [1.82, 2.24) is 5.32 Å². The lowest BCUT2D eigenvalue weighted by molar-refractivity contribution is 0.0941. The molecular weight excluding hydrogens is 266 g/mol. The molecule has 0 heterocycles. The van der Waals surface area contributed by atoms with Crippen LogP contribution in [0.1, 0.15) is 18.9 Å². The van der Waals surface area contributed by atoms with Crippen molar-refractivity contribution in [3.63, 3.8) is 0 Å². The summed E-state index contributed by atoms with van der Waals surface area (Å²) in [4.78, 5) is 0. The van der Waals surface area contributed by atoms with Gasteiger partial charge in [0.05, 0.1) is 19.8 Å². The van der Waals surface area contributed by atoms with Crippen molar-refractivity contribution in [2.75, 3.05) is 41.0 Å². The Kier molecular flexibility index (Phi) is 9.06. The third-order valence-electron chi connectivity index (χ3n) is 3.67. The van der Waals surface area contributed by atoms with Gasteiger partial charge in [-0.2, -0.15) is 0 Å². The minimum atomic E-state index is 0.275. The molecule has 120 valence electrons. The summed E-state index contributed by atoms with van der Waals surface area (Å²) in [6.07, 6.45) is 2.36.